The van der Waals surface area contributed by atoms with Crippen molar-refractivity contribution in [3.63, 3.8) is 0 Å². The van der Waals surface area contributed by atoms with Gasteiger partial charge < -0.3 is 15.0 Å². The van der Waals surface area contributed by atoms with Gasteiger partial charge in [-0.25, -0.2) is 9.97 Å². The third kappa shape index (κ3) is 3.28. The second-order valence-corrected chi connectivity index (χ2v) is 6.18. The zero-order valence-electron chi connectivity index (χ0n) is 13.0. The van der Waals surface area contributed by atoms with Gasteiger partial charge in [-0.15, -0.1) is 0 Å². The van der Waals surface area contributed by atoms with E-state index < -0.39 is 0 Å². The zero-order valence-corrected chi connectivity index (χ0v) is 13.0. The lowest BCUT2D eigenvalue weighted by Crippen LogP contribution is -2.21. The van der Waals surface area contributed by atoms with Crippen molar-refractivity contribution in [3.8, 4) is 0 Å². The lowest BCUT2D eigenvalue weighted by molar-refractivity contribution is 0.293. The van der Waals surface area contributed by atoms with Crippen molar-refractivity contribution >= 4 is 17.3 Å². The summed E-state index contributed by atoms with van der Waals surface area (Å²) >= 11 is 0. The maximum atomic E-state index is 4.66. The predicted octanol–water partition coefficient (Wildman–Crippen LogP) is 3.40. The van der Waals surface area contributed by atoms with Crippen LogP contribution in [0.3, 0.4) is 0 Å². The van der Waals surface area contributed by atoms with Gasteiger partial charge in [0.2, 0.25) is 0 Å². The van der Waals surface area contributed by atoms with Gasteiger partial charge in [0.05, 0.1) is 6.20 Å². The molecule has 2 aromatic heterocycles. The topological polar surface area (TPSA) is 54.2 Å². The van der Waals surface area contributed by atoms with Gasteiger partial charge in [-0.1, -0.05) is 19.8 Å². The summed E-state index contributed by atoms with van der Waals surface area (Å²) in [6.45, 7) is 6.31. The molecule has 2 N–H and O–H groups in total. The summed E-state index contributed by atoms with van der Waals surface area (Å²) in [7, 11) is 0. The molecule has 0 aliphatic heterocycles. The summed E-state index contributed by atoms with van der Waals surface area (Å²) in [4.78, 5) is 9.07. The fourth-order valence-electron chi connectivity index (χ4n) is 3.30. The third-order valence-electron chi connectivity index (χ3n) is 4.34. The molecule has 0 radical (unpaired) electrons. The van der Waals surface area contributed by atoms with Gasteiger partial charge in [0.1, 0.15) is 5.82 Å². The van der Waals surface area contributed by atoms with Gasteiger partial charge in [-0.3, -0.25) is 0 Å². The average molecular weight is 287 g/mol. The minimum Gasteiger partial charge on any atom is -0.369 e. The second kappa shape index (κ2) is 6.33. The number of nitrogens with zero attached hydrogens (tertiary/aromatic N) is 3. The van der Waals surface area contributed by atoms with E-state index in [0.29, 0.717) is 0 Å². The predicted molar refractivity (Wildman–Crippen MR) is 86.8 cm³/mol. The smallest absolute Gasteiger partial charge is 0.180 e. The number of aromatic nitrogens is 3. The summed E-state index contributed by atoms with van der Waals surface area (Å²) < 4.78 is 2.02. The number of anilines is 2. The van der Waals surface area contributed by atoms with Crippen LogP contribution in [0.15, 0.2) is 18.6 Å². The first-order chi connectivity index (χ1) is 10.3. The molecule has 2 atom stereocenters. The first kappa shape index (κ1) is 14.2. The lowest BCUT2D eigenvalue weighted by Gasteiger charge is -2.27. The molecule has 1 aliphatic rings. The molecule has 0 saturated heterocycles. The first-order valence-electron chi connectivity index (χ1n) is 8.07. The van der Waals surface area contributed by atoms with Crippen LogP contribution >= 0.6 is 0 Å². The van der Waals surface area contributed by atoms with E-state index in [2.05, 4.69) is 34.4 Å². The molecule has 5 heteroatoms. The van der Waals surface area contributed by atoms with Crippen molar-refractivity contribution in [1.82, 2.24) is 14.4 Å². The Kier molecular flexibility index (Phi) is 4.27. The molecule has 3 rings (SSSR count). The van der Waals surface area contributed by atoms with Gasteiger partial charge in [-0.05, 0) is 31.6 Å². The van der Waals surface area contributed by atoms with Crippen LogP contribution in [0.1, 0.15) is 39.5 Å². The van der Waals surface area contributed by atoms with Crippen molar-refractivity contribution in [1.29, 1.82) is 0 Å². The summed E-state index contributed by atoms with van der Waals surface area (Å²) in [5.41, 5.74) is 0.903. The van der Waals surface area contributed by atoms with Gasteiger partial charge in [-0.2, -0.15) is 0 Å². The molecule has 114 valence electrons. The molecule has 2 aromatic rings. The molecule has 21 heavy (non-hydrogen) atoms. The van der Waals surface area contributed by atoms with Crippen LogP contribution in [0.2, 0.25) is 0 Å². The molecule has 0 spiro atoms. The van der Waals surface area contributed by atoms with E-state index in [0.717, 1.165) is 42.2 Å². The molecule has 2 heterocycles. The standard InChI is InChI=1S/C16H25N5/c1-3-17-14-11-21-8-7-18-16(21)15(20-14)19-10-13-6-4-5-12(2)9-13/h7-8,11-13,17H,3-6,9-10H2,1-2H3,(H,19,20). The van der Waals surface area contributed by atoms with E-state index in [1.54, 1.807) is 0 Å². The maximum Gasteiger partial charge on any atom is 0.180 e. The normalized spacial score (nSPS) is 22.4. The number of fused-ring (bicyclic) bond motifs is 1. The highest BCUT2D eigenvalue weighted by molar-refractivity contribution is 5.65. The number of imidazole rings is 1. The molecule has 0 bridgehead atoms. The molecule has 2 unspecified atom stereocenters. The molecule has 1 saturated carbocycles. The van der Waals surface area contributed by atoms with Crippen molar-refractivity contribution < 1.29 is 0 Å². The molecule has 0 aromatic carbocycles. The molecular formula is C16H25N5. The Balaban J connectivity index is 1.74. The van der Waals surface area contributed by atoms with Crippen LogP contribution < -0.4 is 10.6 Å². The number of rotatable bonds is 5. The Labute approximate surface area is 126 Å². The van der Waals surface area contributed by atoms with E-state index in [9.17, 15) is 0 Å². The Morgan fingerprint density at radius 3 is 3.05 bits per heavy atom. The summed E-state index contributed by atoms with van der Waals surface area (Å²) in [6, 6.07) is 0. The number of nitrogens with one attached hydrogen (secondary N) is 2. The van der Waals surface area contributed by atoms with Gasteiger partial charge in [0, 0.05) is 25.5 Å². The minimum absolute atomic E-state index is 0.758. The zero-order chi connectivity index (χ0) is 14.7. The van der Waals surface area contributed by atoms with Crippen LogP contribution in [0.4, 0.5) is 11.6 Å². The SMILES string of the molecule is CCNc1cn2ccnc2c(NCC2CCCC(C)C2)n1. The maximum absolute atomic E-state index is 4.66. The van der Waals surface area contributed by atoms with Crippen LogP contribution in [0.25, 0.3) is 5.65 Å². The minimum atomic E-state index is 0.758. The van der Waals surface area contributed by atoms with E-state index in [4.69, 9.17) is 0 Å². The largest absolute Gasteiger partial charge is 0.369 e. The average Bonchev–Trinajstić information content (AvgIpc) is 2.93. The molecule has 0 amide bonds. The quantitative estimate of drug-likeness (QED) is 0.885. The van der Waals surface area contributed by atoms with Gasteiger partial charge in [0.25, 0.3) is 0 Å². The fraction of sp³-hybridized carbons (Fsp3) is 0.625. The Morgan fingerprint density at radius 1 is 1.33 bits per heavy atom. The Bertz CT molecular complexity index is 591. The third-order valence-corrected chi connectivity index (χ3v) is 4.34. The van der Waals surface area contributed by atoms with Crippen molar-refractivity contribution in [2.75, 3.05) is 23.7 Å². The fourth-order valence-corrected chi connectivity index (χ4v) is 3.30. The Morgan fingerprint density at radius 2 is 2.24 bits per heavy atom. The Hall–Kier alpha value is -1.78. The lowest BCUT2D eigenvalue weighted by atomic mass is 9.82. The second-order valence-electron chi connectivity index (χ2n) is 6.18. The molecule has 1 fully saturated rings. The summed E-state index contributed by atoms with van der Waals surface area (Å²) in [5.74, 6) is 3.39. The van der Waals surface area contributed by atoms with Crippen LogP contribution in [0.5, 0.6) is 0 Å². The number of hydrogen-bond donors (Lipinski definition) is 2. The molecule has 1 aliphatic carbocycles. The van der Waals surface area contributed by atoms with E-state index >= 15 is 0 Å². The highest BCUT2D eigenvalue weighted by Gasteiger charge is 2.19. The van der Waals surface area contributed by atoms with E-state index in [1.165, 1.54) is 25.7 Å². The highest BCUT2D eigenvalue weighted by Crippen LogP contribution is 2.29. The number of hydrogen-bond acceptors (Lipinski definition) is 4. The monoisotopic (exact) mass is 287 g/mol. The van der Waals surface area contributed by atoms with Gasteiger partial charge in [0.15, 0.2) is 11.5 Å². The van der Waals surface area contributed by atoms with Crippen molar-refractivity contribution in [3.05, 3.63) is 18.6 Å². The highest BCUT2D eigenvalue weighted by atomic mass is 15.1. The van der Waals surface area contributed by atoms with Crippen LogP contribution in [0, 0.1) is 11.8 Å². The van der Waals surface area contributed by atoms with Crippen LogP contribution in [-0.4, -0.2) is 27.5 Å². The van der Waals surface area contributed by atoms with Crippen molar-refractivity contribution in [2.24, 2.45) is 11.8 Å². The van der Waals surface area contributed by atoms with Gasteiger partial charge >= 0.3 is 0 Å². The van der Waals surface area contributed by atoms with E-state index in [-0.39, 0.29) is 0 Å². The van der Waals surface area contributed by atoms with E-state index in [1.807, 2.05) is 23.0 Å². The summed E-state index contributed by atoms with van der Waals surface area (Å²) in [6.07, 6.45) is 11.2. The first-order valence-corrected chi connectivity index (χ1v) is 8.07. The molecule has 5 nitrogen and oxygen atoms in total. The van der Waals surface area contributed by atoms with Crippen molar-refractivity contribution in [2.45, 2.75) is 39.5 Å². The van der Waals surface area contributed by atoms with Crippen LogP contribution in [-0.2, 0) is 0 Å². The summed E-state index contributed by atoms with van der Waals surface area (Å²) in [5, 5.41) is 6.80. The molecular weight excluding hydrogens is 262 g/mol.